The van der Waals surface area contributed by atoms with E-state index < -0.39 is 10.0 Å². The van der Waals surface area contributed by atoms with Gasteiger partial charge in [0.2, 0.25) is 10.0 Å². The SMILES string of the molecule is CCCCS(=O)(=O)NCC#Cc1ccc(OC)cc1. The van der Waals surface area contributed by atoms with Crippen LogP contribution >= 0.6 is 0 Å². The zero-order chi connectivity index (χ0) is 14.1. The molecule has 1 aromatic rings. The van der Waals surface area contributed by atoms with E-state index in [1.807, 2.05) is 31.2 Å². The van der Waals surface area contributed by atoms with E-state index in [1.54, 1.807) is 7.11 Å². The number of hydrogen-bond acceptors (Lipinski definition) is 3. The van der Waals surface area contributed by atoms with Crippen LogP contribution < -0.4 is 9.46 Å². The van der Waals surface area contributed by atoms with Crippen molar-refractivity contribution >= 4 is 10.0 Å². The van der Waals surface area contributed by atoms with Crippen molar-refractivity contribution < 1.29 is 13.2 Å². The van der Waals surface area contributed by atoms with Crippen LogP contribution in [0.3, 0.4) is 0 Å². The summed E-state index contributed by atoms with van der Waals surface area (Å²) in [7, 11) is -1.58. The standard InChI is InChI=1S/C14H19NO3S/c1-3-4-12-19(16,17)15-11-5-6-13-7-9-14(18-2)10-8-13/h7-10,15H,3-4,11-12H2,1-2H3. The summed E-state index contributed by atoms with van der Waals surface area (Å²) < 4.78 is 30.5. The first-order chi connectivity index (χ1) is 9.07. The smallest absolute Gasteiger partial charge is 0.212 e. The van der Waals surface area contributed by atoms with Crippen LogP contribution in [0, 0.1) is 11.8 Å². The third-order valence-electron chi connectivity index (χ3n) is 2.47. The minimum absolute atomic E-state index is 0.137. The maximum Gasteiger partial charge on any atom is 0.212 e. The molecule has 0 aliphatic carbocycles. The summed E-state index contributed by atoms with van der Waals surface area (Å²) in [6, 6.07) is 7.29. The van der Waals surface area contributed by atoms with Crippen LogP contribution in [0.2, 0.25) is 0 Å². The highest BCUT2D eigenvalue weighted by atomic mass is 32.2. The Morgan fingerprint density at radius 1 is 1.26 bits per heavy atom. The molecule has 0 saturated heterocycles. The second kappa shape index (κ2) is 7.82. The Morgan fingerprint density at radius 2 is 1.95 bits per heavy atom. The van der Waals surface area contributed by atoms with E-state index in [4.69, 9.17) is 4.74 Å². The minimum atomic E-state index is -3.18. The number of sulfonamides is 1. The van der Waals surface area contributed by atoms with Gasteiger partial charge in [-0.05, 0) is 30.7 Å². The van der Waals surface area contributed by atoms with Gasteiger partial charge in [0.25, 0.3) is 0 Å². The van der Waals surface area contributed by atoms with Gasteiger partial charge >= 0.3 is 0 Å². The summed E-state index contributed by atoms with van der Waals surface area (Å²) in [6.45, 7) is 2.09. The van der Waals surface area contributed by atoms with Crippen LogP contribution in [0.15, 0.2) is 24.3 Å². The molecular formula is C14H19NO3S. The van der Waals surface area contributed by atoms with Crippen LogP contribution in [0.1, 0.15) is 25.3 Å². The van der Waals surface area contributed by atoms with E-state index in [0.29, 0.717) is 6.42 Å². The molecule has 1 N–H and O–H groups in total. The predicted octanol–water partition coefficient (Wildman–Crippen LogP) is 1.77. The molecule has 0 fully saturated rings. The van der Waals surface area contributed by atoms with E-state index in [1.165, 1.54) is 0 Å². The molecule has 1 rings (SSSR count). The fraction of sp³-hybridized carbons (Fsp3) is 0.429. The average molecular weight is 281 g/mol. The van der Waals surface area contributed by atoms with Gasteiger partial charge in [-0.15, -0.1) is 0 Å². The Labute approximate surface area is 115 Å². The van der Waals surface area contributed by atoms with Crippen molar-refractivity contribution in [1.29, 1.82) is 0 Å². The Kier molecular flexibility index (Phi) is 6.40. The first-order valence-corrected chi connectivity index (χ1v) is 7.83. The molecule has 0 aliphatic heterocycles. The van der Waals surface area contributed by atoms with Crippen LogP contribution in [0.4, 0.5) is 0 Å². The summed E-state index contributed by atoms with van der Waals surface area (Å²) in [4.78, 5) is 0. The van der Waals surface area contributed by atoms with Gasteiger partial charge in [0, 0.05) is 5.56 Å². The van der Waals surface area contributed by atoms with Crippen LogP contribution in [0.5, 0.6) is 5.75 Å². The van der Waals surface area contributed by atoms with Crippen molar-refractivity contribution in [1.82, 2.24) is 4.72 Å². The zero-order valence-corrected chi connectivity index (χ0v) is 12.1. The first kappa shape index (κ1) is 15.5. The summed E-state index contributed by atoms with van der Waals surface area (Å²) in [5.41, 5.74) is 0.827. The Balaban J connectivity index is 2.46. The molecular weight excluding hydrogens is 262 g/mol. The van der Waals surface area contributed by atoms with Crippen molar-refractivity contribution in [2.75, 3.05) is 19.4 Å². The molecule has 0 saturated carbocycles. The monoisotopic (exact) mass is 281 g/mol. The molecule has 0 aromatic heterocycles. The average Bonchev–Trinajstić information content (AvgIpc) is 2.42. The van der Waals surface area contributed by atoms with E-state index >= 15 is 0 Å². The molecule has 0 spiro atoms. The second-order valence-corrected chi connectivity index (χ2v) is 5.95. The van der Waals surface area contributed by atoms with Gasteiger partial charge in [0.1, 0.15) is 5.75 Å². The van der Waals surface area contributed by atoms with Crippen molar-refractivity contribution in [2.24, 2.45) is 0 Å². The summed E-state index contributed by atoms with van der Waals surface area (Å²) in [5, 5.41) is 0. The highest BCUT2D eigenvalue weighted by Crippen LogP contribution is 2.09. The number of ether oxygens (including phenoxy) is 1. The third-order valence-corrected chi connectivity index (χ3v) is 3.88. The van der Waals surface area contributed by atoms with Gasteiger partial charge in [-0.1, -0.05) is 25.2 Å². The van der Waals surface area contributed by atoms with Crippen LogP contribution in [-0.4, -0.2) is 27.8 Å². The molecule has 0 amide bonds. The highest BCUT2D eigenvalue weighted by Gasteiger charge is 2.06. The molecule has 0 radical (unpaired) electrons. The molecule has 104 valence electrons. The third kappa shape index (κ3) is 6.27. The lowest BCUT2D eigenvalue weighted by atomic mass is 10.2. The van der Waals surface area contributed by atoms with Gasteiger partial charge in [0.15, 0.2) is 0 Å². The van der Waals surface area contributed by atoms with E-state index in [9.17, 15) is 8.42 Å². The molecule has 0 aliphatic rings. The second-order valence-electron chi connectivity index (χ2n) is 4.02. The predicted molar refractivity (Wildman–Crippen MR) is 76.6 cm³/mol. The largest absolute Gasteiger partial charge is 0.497 e. The summed E-state index contributed by atoms with van der Waals surface area (Å²) in [5.74, 6) is 6.61. The number of nitrogens with one attached hydrogen (secondary N) is 1. The van der Waals surface area contributed by atoms with E-state index in [2.05, 4.69) is 16.6 Å². The van der Waals surface area contributed by atoms with E-state index in [-0.39, 0.29) is 12.3 Å². The molecule has 0 atom stereocenters. The number of benzene rings is 1. The topological polar surface area (TPSA) is 55.4 Å². The fourth-order valence-electron chi connectivity index (χ4n) is 1.37. The number of rotatable bonds is 6. The van der Waals surface area contributed by atoms with E-state index in [0.717, 1.165) is 17.7 Å². The quantitative estimate of drug-likeness (QED) is 0.808. The lowest BCUT2D eigenvalue weighted by molar-refractivity contribution is 0.415. The Morgan fingerprint density at radius 3 is 2.53 bits per heavy atom. The lowest BCUT2D eigenvalue weighted by Crippen LogP contribution is -2.26. The van der Waals surface area contributed by atoms with Gasteiger partial charge in [-0.25, -0.2) is 13.1 Å². The number of unbranched alkanes of at least 4 members (excludes halogenated alkanes) is 1. The molecule has 0 heterocycles. The normalized spacial score (nSPS) is 10.6. The van der Waals surface area contributed by atoms with Gasteiger partial charge in [0.05, 0.1) is 19.4 Å². The zero-order valence-electron chi connectivity index (χ0n) is 11.3. The van der Waals surface area contributed by atoms with Crippen LogP contribution in [0.25, 0.3) is 0 Å². The molecule has 4 nitrogen and oxygen atoms in total. The maximum absolute atomic E-state index is 11.5. The van der Waals surface area contributed by atoms with Gasteiger partial charge < -0.3 is 4.74 Å². The summed E-state index contributed by atoms with van der Waals surface area (Å²) in [6.07, 6.45) is 1.53. The molecule has 5 heteroatoms. The van der Waals surface area contributed by atoms with Crippen molar-refractivity contribution in [2.45, 2.75) is 19.8 Å². The Hall–Kier alpha value is -1.51. The van der Waals surface area contributed by atoms with Crippen molar-refractivity contribution in [3.8, 4) is 17.6 Å². The van der Waals surface area contributed by atoms with Gasteiger partial charge in [-0.2, -0.15) is 0 Å². The molecule has 1 aromatic carbocycles. The van der Waals surface area contributed by atoms with Gasteiger partial charge in [-0.3, -0.25) is 0 Å². The molecule has 0 bridgehead atoms. The Bertz CT molecular complexity index is 538. The van der Waals surface area contributed by atoms with Crippen LogP contribution in [-0.2, 0) is 10.0 Å². The number of methoxy groups -OCH3 is 1. The first-order valence-electron chi connectivity index (χ1n) is 6.17. The fourth-order valence-corrected chi connectivity index (χ4v) is 2.48. The molecule has 19 heavy (non-hydrogen) atoms. The summed E-state index contributed by atoms with van der Waals surface area (Å²) >= 11 is 0. The minimum Gasteiger partial charge on any atom is -0.497 e. The highest BCUT2D eigenvalue weighted by molar-refractivity contribution is 7.89. The maximum atomic E-state index is 11.5. The van der Waals surface area contributed by atoms with Crippen molar-refractivity contribution in [3.05, 3.63) is 29.8 Å². The molecule has 0 unspecified atom stereocenters. The lowest BCUT2D eigenvalue weighted by Gasteiger charge is -2.01. The van der Waals surface area contributed by atoms with Crippen molar-refractivity contribution in [3.63, 3.8) is 0 Å². The number of hydrogen-bond donors (Lipinski definition) is 1.